The van der Waals surface area contributed by atoms with Crippen molar-refractivity contribution in [3.05, 3.63) is 40.4 Å². The molecule has 1 aromatic rings. The number of esters is 2. The Labute approximate surface area is 119 Å². The summed E-state index contributed by atoms with van der Waals surface area (Å²) in [6.07, 6.45) is 1.98. The maximum absolute atomic E-state index is 11.9. The van der Waals surface area contributed by atoms with Crippen LogP contribution in [0.15, 0.2) is 34.8 Å². The smallest absolute Gasteiger partial charge is 0.338 e. The topological polar surface area (TPSA) is 52.6 Å². The van der Waals surface area contributed by atoms with Crippen LogP contribution in [0.4, 0.5) is 0 Å². The van der Waals surface area contributed by atoms with Gasteiger partial charge < -0.3 is 9.47 Å². The lowest BCUT2D eigenvalue weighted by atomic mass is 10.0. The highest BCUT2D eigenvalue weighted by atomic mass is 79.9. The predicted molar refractivity (Wildman–Crippen MR) is 73.2 cm³/mol. The van der Waals surface area contributed by atoms with Gasteiger partial charge in [0.2, 0.25) is 0 Å². The molecular formula is C14H13BrO4. The Bertz CT molecular complexity index is 519. The third-order valence-corrected chi connectivity index (χ3v) is 3.23. The summed E-state index contributed by atoms with van der Waals surface area (Å²) < 4.78 is 11.0. The van der Waals surface area contributed by atoms with Crippen molar-refractivity contribution in [2.45, 2.75) is 19.4 Å². The molecule has 0 aromatic heterocycles. The molecule has 0 fully saturated rings. The van der Waals surface area contributed by atoms with Gasteiger partial charge >= 0.3 is 11.9 Å². The zero-order valence-corrected chi connectivity index (χ0v) is 12.0. The summed E-state index contributed by atoms with van der Waals surface area (Å²) in [6, 6.07) is 7.44. The summed E-state index contributed by atoms with van der Waals surface area (Å²) in [7, 11) is 0. The van der Waals surface area contributed by atoms with Crippen LogP contribution in [0.3, 0.4) is 0 Å². The third-order valence-electron chi connectivity index (χ3n) is 2.71. The van der Waals surface area contributed by atoms with Crippen molar-refractivity contribution in [1.82, 2.24) is 0 Å². The van der Waals surface area contributed by atoms with Crippen LogP contribution in [-0.4, -0.2) is 24.6 Å². The molecule has 2 rings (SSSR count). The van der Waals surface area contributed by atoms with Gasteiger partial charge in [0.15, 0.2) is 0 Å². The molecule has 19 heavy (non-hydrogen) atoms. The first kappa shape index (κ1) is 13.8. The van der Waals surface area contributed by atoms with E-state index in [1.54, 1.807) is 0 Å². The van der Waals surface area contributed by atoms with E-state index in [1.807, 2.05) is 30.3 Å². The van der Waals surface area contributed by atoms with E-state index in [-0.39, 0.29) is 18.5 Å². The van der Waals surface area contributed by atoms with Gasteiger partial charge in [0.05, 0.1) is 5.57 Å². The minimum absolute atomic E-state index is 0.102. The van der Waals surface area contributed by atoms with Crippen molar-refractivity contribution in [3.8, 4) is 0 Å². The number of benzene rings is 1. The van der Waals surface area contributed by atoms with Crippen LogP contribution in [0, 0.1) is 0 Å². The van der Waals surface area contributed by atoms with Gasteiger partial charge in [-0.2, -0.15) is 0 Å². The average Bonchev–Trinajstić information content (AvgIpc) is 2.38. The number of carbonyl (C=O) groups excluding carboxylic acids is 2. The van der Waals surface area contributed by atoms with Crippen LogP contribution < -0.4 is 0 Å². The molecule has 5 heteroatoms. The van der Waals surface area contributed by atoms with Crippen molar-refractivity contribution in [2.75, 3.05) is 6.61 Å². The van der Waals surface area contributed by atoms with E-state index in [9.17, 15) is 9.59 Å². The number of hydrogen-bond donors (Lipinski definition) is 0. The van der Waals surface area contributed by atoms with Crippen molar-refractivity contribution in [1.29, 1.82) is 0 Å². The van der Waals surface area contributed by atoms with Crippen molar-refractivity contribution >= 4 is 33.4 Å². The van der Waals surface area contributed by atoms with Gasteiger partial charge in [0.1, 0.15) is 12.7 Å². The Morgan fingerprint density at radius 1 is 1.42 bits per heavy atom. The molecule has 0 N–H and O–H groups in total. The highest BCUT2D eigenvalue weighted by Gasteiger charge is 2.24. The molecule has 100 valence electrons. The van der Waals surface area contributed by atoms with E-state index in [2.05, 4.69) is 15.9 Å². The van der Waals surface area contributed by atoms with Gasteiger partial charge in [-0.1, -0.05) is 34.1 Å². The summed E-state index contributed by atoms with van der Waals surface area (Å²) in [5, 5.41) is 0. The fraction of sp³-hybridized carbons (Fsp3) is 0.286. The fourth-order valence-electron chi connectivity index (χ4n) is 1.77. The summed E-state index contributed by atoms with van der Waals surface area (Å²) in [6.45, 7) is 1.43. The van der Waals surface area contributed by atoms with Gasteiger partial charge in [0, 0.05) is 17.8 Å². The monoisotopic (exact) mass is 324 g/mol. The molecule has 0 bridgehead atoms. The molecule has 0 amide bonds. The summed E-state index contributed by atoms with van der Waals surface area (Å²) in [4.78, 5) is 22.6. The standard InChI is InChI=1S/C14H13BrO4/c1-9(16)18-8-12-6-7-13(14(17)19-12)10-2-4-11(15)5-3-10/h2-5,7,12H,6,8H2,1H3. The lowest BCUT2D eigenvalue weighted by molar-refractivity contribution is -0.154. The van der Waals surface area contributed by atoms with Crippen LogP contribution in [0.25, 0.3) is 5.57 Å². The molecule has 1 aliphatic rings. The van der Waals surface area contributed by atoms with Gasteiger partial charge in [-0.3, -0.25) is 4.79 Å². The summed E-state index contributed by atoms with van der Waals surface area (Å²) in [5.41, 5.74) is 1.37. The second-order valence-electron chi connectivity index (χ2n) is 4.19. The van der Waals surface area contributed by atoms with Crippen LogP contribution >= 0.6 is 15.9 Å². The van der Waals surface area contributed by atoms with Gasteiger partial charge in [0.25, 0.3) is 0 Å². The Balaban J connectivity index is 2.06. The second-order valence-corrected chi connectivity index (χ2v) is 5.11. The lowest BCUT2D eigenvalue weighted by Gasteiger charge is -2.22. The first-order valence-electron chi connectivity index (χ1n) is 5.86. The Morgan fingerprint density at radius 2 is 2.11 bits per heavy atom. The molecule has 1 heterocycles. The zero-order valence-electron chi connectivity index (χ0n) is 10.4. The number of rotatable bonds is 3. The summed E-state index contributed by atoms with van der Waals surface area (Å²) in [5.74, 6) is -0.760. The third kappa shape index (κ3) is 3.67. The normalized spacial score (nSPS) is 18.5. The quantitative estimate of drug-likeness (QED) is 0.802. The van der Waals surface area contributed by atoms with E-state index in [4.69, 9.17) is 9.47 Å². The van der Waals surface area contributed by atoms with Crippen molar-refractivity contribution in [2.24, 2.45) is 0 Å². The Hall–Kier alpha value is -1.62. The maximum atomic E-state index is 11.9. The first-order valence-corrected chi connectivity index (χ1v) is 6.66. The molecule has 0 saturated heterocycles. The minimum atomic E-state index is -0.393. The van der Waals surface area contributed by atoms with Gasteiger partial charge in [-0.05, 0) is 17.7 Å². The lowest BCUT2D eigenvalue weighted by Crippen LogP contribution is -2.28. The SMILES string of the molecule is CC(=O)OCC1CC=C(c2ccc(Br)cc2)C(=O)O1. The zero-order chi connectivity index (χ0) is 13.8. The first-order chi connectivity index (χ1) is 9.06. The van der Waals surface area contributed by atoms with Crippen LogP contribution in [-0.2, 0) is 19.1 Å². The van der Waals surface area contributed by atoms with Crippen molar-refractivity contribution in [3.63, 3.8) is 0 Å². The van der Waals surface area contributed by atoms with E-state index in [1.165, 1.54) is 6.92 Å². The molecule has 0 aliphatic carbocycles. The number of hydrogen-bond acceptors (Lipinski definition) is 4. The highest BCUT2D eigenvalue weighted by molar-refractivity contribution is 9.10. The number of carbonyl (C=O) groups is 2. The number of halogens is 1. The van der Waals surface area contributed by atoms with Crippen molar-refractivity contribution < 1.29 is 19.1 Å². The number of ether oxygens (including phenoxy) is 2. The van der Waals surface area contributed by atoms with E-state index in [0.717, 1.165) is 10.0 Å². The molecular weight excluding hydrogens is 312 g/mol. The molecule has 0 spiro atoms. The molecule has 1 aromatic carbocycles. The molecule has 0 radical (unpaired) electrons. The molecule has 4 nitrogen and oxygen atoms in total. The molecule has 0 saturated carbocycles. The van der Waals surface area contributed by atoms with Crippen LogP contribution in [0.2, 0.25) is 0 Å². The predicted octanol–water partition coefficient (Wildman–Crippen LogP) is 2.71. The van der Waals surface area contributed by atoms with Crippen LogP contribution in [0.1, 0.15) is 18.9 Å². The van der Waals surface area contributed by atoms with E-state index < -0.39 is 6.10 Å². The molecule has 1 aliphatic heterocycles. The maximum Gasteiger partial charge on any atom is 0.338 e. The molecule has 1 atom stereocenters. The second kappa shape index (κ2) is 6.02. The summed E-state index contributed by atoms with van der Waals surface area (Å²) >= 11 is 3.34. The van der Waals surface area contributed by atoms with E-state index in [0.29, 0.717) is 12.0 Å². The Morgan fingerprint density at radius 3 is 2.68 bits per heavy atom. The van der Waals surface area contributed by atoms with Crippen LogP contribution in [0.5, 0.6) is 0 Å². The fourth-order valence-corrected chi connectivity index (χ4v) is 2.04. The largest absolute Gasteiger partial charge is 0.462 e. The highest BCUT2D eigenvalue weighted by Crippen LogP contribution is 2.24. The Kier molecular flexibility index (Phi) is 4.37. The minimum Gasteiger partial charge on any atom is -0.462 e. The number of cyclic esters (lactones) is 1. The van der Waals surface area contributed by atoms with Gasteiger partial charge in [-0.15, -0.1) is 0 Å². The van der Waals surface area contributed by atoms with Gasteiger partial charge in [-0.25, -0.2) is 4.79 Å². The molecule has 1 unspecified atom stereocenters. The average molecular weight is 325 g/mol. The van der Waals surface area contributed by atoms with E-state index >= 15 is 0 Å².